The minimum Gasteiger partial charge on any atom is -0.487 e. The fourth-order valence-corrected chi connectivity index (χ4v) is 1.44. The molecule has 0 spiro atoms. The van der Waals surface area contributed by atoms with E-state index in [-0.39, 0.29) is 24.8 Å². The van der Waals surface area contributed by atoms with E-state index in [9.17, 15) is 0 Å². The molecule has 98 valence electrons. The Kier molecular flexibility index (Phi) is 8.12. The number of hydrogen-bond donors (Lipinski definition) is 1. The van der Waals surface area contributed by atoms with Crippen LogP contribution in [0.3, 0.4) is 0 Å². The van der Waals surface area contributed by atoms with Crippen molar-refractivity contribution in [2.24, 2.45) is 5.73 Å². The topological polar surface area (TPSA) is 48.1 Å². The van der Waals surface area contributed by atoms with Gasteiger partial charge in [-0.3, -0.25) is 4.98 Å². The second-order valence-electron chi connectivity index (χ2n) is 3.43. The van der Waals surface area contributed by atoms with Crippen LogP contribution < -0.4 is 10.5 Å². The fraction of sp³-hybridized carbons (Fsp3) is 0.154. The van der Waals surface area contributed by atoms with Gasteiger partial charge in [0.25, 0.3) is 0 Å². The van der Waals surface area contributed by atoms with E-state index in [1.54, 1.807) is 6.20 Å². The lowest BCUT2D eigenvalue weighted by Gasteiger charge is -2.09. The van der Waals surface area contributed by atoms with Gasteiger partial charge in [-0.25, -0.2) is 0 Å². The summed E-state index contributed by atoms with van der Waals surface area (Å²) < 4.78 is 5.67. The monoisotopic (exact) mass is 286 g/mol. The Morgan fingerprint density at radius 2 is 1.72 bits per heavy atom. The number of rotatable bonds is 4. The highest BCUT2D eigenvalue weighted by Crippen LogP contribution is 2.16. The first-order valence-corrected chi connectivity index (χ1v) is 5.21. The van der Waals surface area contributed by atoms with Gasteiger partial charge in [0.15, 0.2) is 0 Å². The van der Waals surface area contributed by atoms with Crippen LogP contribution in [0, 0.1) is 0 Å². The van der Waals surface area contributed by atoms with Gasteiger partial charge >= 0.3 is 0 Å². The van der Waals surface area contributed by atoms with Gasteiger partial charge in [0, 0.05) is 12.7 Å². The van der Waals surface area contributed by atoms with E-state index in [0.29, 0.717) is 13.2 Å². The molecule has 0 saturated carbocycles. The molecule has 2 N–H and O–H groups in total. The van der Waals surface area contributed by atoms with Crippen molar-refractivity contribution in [2.75, 3.05) is 0 Å². The maximum Gasteiger partial charge on any atom is 0.142 e. The molecule has 0 aliphatic heterocycles. The predicted molar refractivity (Wildman–Crippen MR) is 77.4 cm³/mol. The van der Waals surface area contributed by atoms with Crippen molar-refractivity contribution in [1.29, 1.82) is 0 Å². The number of pyridine rings is 1. The number of benzene rings is 1. The SMILES string of the molecule is Cl.Cl.NCc1ncccc1OCc1ccccc1. The van der Waals surface area contributed by atoms with E-state index < -0.39 is 0 Å². The zero-order valence-electron chi connectivity index (χ0n) is 9.78. The van der Waals surface area contributed by atoms with Gasteiger partial charge in [0.2, 0.25) is 0 Å². The Hall–Kier alpha value is -1.29. The summed E-state index contributed by atoms with van der Waals surface area (Å²) in [6.45, 7) is 0.935. The van der Waals surface area contributed by atoms with Crippen molar-refractivity contribution in [1.82, 2.24) is 4.98 Å². The Morgan fingerprint density at radius 1 is 1.00 bits per heavy atom. The van der Waals surface area contributed by atoms with Crippen LogP contribution in [0.4, 0.5) is 0 Å². The summed E-state index contributed by atoms with van der Waals surface area (Å²) in [7, 11) is 0. The summed E-state index contributed by atoms with van der Waals surface area (Å²) in [5.41, 5.74) is 7.50. The molecule has 0 fully saturated rings. The van der Waals surface area contributed by atoms with Gasteiger partial charge in [-0.15, -0.1) is 24.8 Å². The molecule has 3 nitrogen and oxygen atoms in total. The molecule has 0 radical (unpaired) electrons. The van der Waals surface area contributed by atoms with Crippen molar-refractivity contribution in [3.8, 4) is 5.75 Å². The Balaban J connectivity index is 0.00000144. The maximum absolute atomic E-state index is 5.67. The van der Waals surface area contributed by atoms with Crippen molar-refractivity contribution in [3.63, 3.8) is 0 Å². The number of nitrogens with zero attached hydrogens (tertiary/aromatic N) is 1. The molecule has 0 saturated heterocycles. The molecule has 18 heavy (non-hydrogen) atoms. The average Bonchev–Trinajstić information content (AvgIpc) is 2.38. The predicted octanol–water partition coefficient (Wildman–Crippen LogP) is 2.96. The van der Waals surface area contributed by atoms with E-state index >= 15 is 0 Å². The van der Waals surface area contributed by atoms with Gasteiger partial charge in [-0.1, -0.05) is 30.3 Å². The second-order valence-corrected chi connectivity index (χ2v) is 3.43. The molecule has 0 atom stereocenters. The van der Waals surface area contributed by atoms with Crippen molar-refractivity contribution >= 4 is 24.8 Å². The Bertz CT molecular complexity index is 452. The lowest BCUT2D eigenvalue weighted by Crippen LogP contribution is -2.04. The van der Waals surface area contributed by atoms with E-state index in [4.69, 9.17) is 10.5 Å². The molecule has 1 aromatic heterocycles. The number of hydrogen-bond acceptors (Lipinski definition) is 3. The van der Waals surface area contributed by atoms with Gasteiger partial charge in [0.05, 0.1) is 5.69 Å². The Morgan fingerprint density at radius 3 is 2.39 bits per heavy atom. The average molecular weight is 287 g/mol. The largest absolute Gasteiger partial charge is 0.487 e. The highest BCUT2D eigenvalue weighted by Gasteiger charge is 2.02. The fourth-order valence-electron chi connectivity index (χ4n) is 1.44. The van der Waals surface area contributed by atoms with Gasteiger partial charge < -0.3 is 10.5 Å². The Labute approximate surface area is 119 Å². The summed E-state index contributed by atoms with van der Waals surface area (Å²) >= 11 is 0. The summed E-state index contributed by atoms with van der Waals surface area (Å²) in [5, 5.41) is 0. The third-order valence-corrected chi connectivity index (χ3v) is 2.28. The quantitative estimate of drug-likeness (QED) is 0.940. The van der Waals surface area contributed by atoms with Crippen molar-refractivity contribution < 1.29 is 4.74 Å². The van der Waals surface area contributed by atoms with Crippen LogP contribution >= 0.6 is 24.8 Å². The highest BCUT2D eigenvalue weighted by molar-refractivity contribution is 5.85. The van der Waals surface area contributed by atoms with E-state index in [1.807, 2.05) is 42.5 Å². The number of halogens is 2. The van der Waals surface area contributed by atoms with E-state index in [1.165, 1.54) is 0 Å². The summed E-state index contributed by atoms with van der Waals surface area (Å²) in [6, 6.07) is 13.8. The zero-order valence-corrected chi connectivity index (χ0v) is 11.4. The van der Waals surface area contributed by atoms with Crippen LogP contribution in [0.1, 0.15) is 11.3 Å². The zero-order chi connectivity index (χ0) is 11.2. The minimum atomic E-state index is 0. The molecule has 0 aliphatic rings. The first-order chi connectivity index (χ1) is 7.90. The molecule has 2 aromatic rings. The molecule has 0 aliphatic carbocycles. The molecule has 5 heteroatoms. The van der Waals surface area contributed by atoms with Crippen molar-refractivity contribution in [2.45, 2.75) is 13.2 Å². The second kappa shape index (κ2) is 8.75. The number of nitrogens with two attached hydrogens (primary N) is 1. The molecular formula is C13H16Cl2N2O. The smallest absolute Gasteiger partial charge is 0.142 e. The number of ether oxygens (including phenoxy) is 1. The lowest BCUT2D eigenvalue weighted by atomic mass is 10.2. The molecule has 1 aromatic carbocycles. The van der Waals surface area contributed by atoms with Crippen LogP contribution in [0.2, 0.25) is 0 Å². The molecular weight excluding hydrogens is 271 g/mol. The van der Waals surface area contributed by atoms with Crippen LogP contribution in [-0.2, 0) is 13.2 Å². The third kappa shape index (κ3) is 4.53. The number of aromatic nitrogens is 1. The van der Waals surface area contributed by atoms with Crippen LogP contribution in [0.15, 0.2) is 48.7 Å². The minimum absolute atomic E-state index is 0. The first-order valence-electron chi connectivity index (χ1n) is 5.21. The van der Waals surface area contributed by atoms with E-state index in [0.717, 1.165) is 17.0 Å². The standard InChI is InChI=1S/C13H14N2O.2ClH/c14-9-12-13(7-4-8-15-12)16-10-11-5-2-1-3-6-11;;/h1-8H,9-10,14H2;2*1H. The summed E-state index contributed by atoms with van der Waals surface area (Å²) in [5.74, 6) is 0.758. The third-order valence-electron chi connectivity index (χ3n) is 2.28. The molecule has 1 heterocycles. The van der Waals surface area contributed by atoms with Gasteiger partial charge in [0.1, 0.15) is 12.4 Å². The first kappa shape index (κ1) is 16.7. The van der Waals surface area contributed by atoms with Gasteiger partial charge in [-0.05, 0) is 17.7 Å². The lowest BCUT2D eigenvalue weighted by molar-refractivity contribution is 0.301. The maximum atomic E-state index is 5.67. The van der Waals surface area contributed by atoms with Crippen LogP contribution in [-0.4, -0.2) is 4.98 Å². The summed E-state index contributed by atoms with van der Waals surface area (Å²) in [4.78, 5) is 4.16. The summed E-state index contributed by atoms with van der Waals surface area (Å²) in [6.07, 6.45) is 1.72. The van der Waals surface area contributed by atoms with Crippen LogP contribution in [0.25, 0.3) is 0 Å². The van der Waals surface area contributed by atoms with Gasteiger partial charge in [-0.2, -0.15) is 0 Å². The molecule has 2 rings (SSSR count). The van der Waals surface area contributed by atoms with Crippen LogP contribution in [0.5, 0.6) is 5.75 Å². The van der Waals surface area contributed by atoms with E-state index in [2.05, 4.69) is 4.98 Å². The molecule has 0 amide bonds. The molecule has 0 bridgehead atoms. The van der Waals surface area contributed by atoms with Crippen molar-refractivity contribution in [3.05, 3.63) is 59.9 Å². The molecule has 0 unspecified atom stereocenters. The highest BCUT2D eigenvalue weighted by atomic mass is 35.5. The normalized spacial score (nSPS) is 8.94.